The number of hydrogen-bond donors (Lipinski definition) is 0. The average molecular weight is 337 g/mol. The van der Waals surface area contributed by atoms with Gasteiger partial charge in [-0.05, 0) is 63.8 Å². The minimum absolute atomic E-state index is 0.0241. The van der Waals surface area contributed by atoms with Crippen LogP contribution in [0.3, 0.4) is 0 Å². The molecule has 1 aromatic heterocycles. The summed E-state index contributed by atoms with van der Waals surface area (Å²) in [6.45, 7) is 3.64. The zero-order valence-electron chi connectivity index (χ0n) is 14.9. The maximum Gasteiger partial charge on any atom is 0.193 e. The Bertz CT molecular complexity index is 911. The molecule has 0 saturated heterocycles. The fourth-order valence-electron chi connectivity index (χ4n) is 2.70. The molecule has 0 aliphatic heterocycles. The van der Waals surface area contributed by atoms with Crippen molar-refractivity contribution in [2.75, 3.05) is 27.2 Å². The summed E-state index contributed by atoms with van der Waals surface area (Å²) in [4.78, 5) is 14.5. The van der Waals surface area contributed by atoms with Gasteiger partial charge in [-0.3, -0.25) is 4.79 Å². The summed E-state index contributed by atoms with van der Waals surface area (Å²) in [5.41, 5.74) is 2.49. The van der Waals surface area contributed by atoms with E-state index in [4.69, 9.17) is 9.15 Å². The maximum atomic E-state index is 12.3. The number of ether oxygens (including phenoxy) is 1. The largest absolute Gasteiger partial charge is 0.494 e. The summed E-state index contributed by atoms with van der Waals surface area (Å²) in [7, 11) is 4.10. The zero-order valence-corrected chi connectivity index (χ0v) is 14.9. The molecule has 3 rings (SSSR count). The van der Waals surface area contributed by atoms with E-state index < -0.39 is 0 Å². The van der Waals surface area contributed by atoms with Crippen LogP contribution in [0, 0.1) is 6.92 Å². The van der Waals surface area contributed by atoms with Gasteiger partial charge in [-0.1, -0.05) is 11.6 Å². The smallest absolute Gasteiger partial charge is 0.193 e. The standard InChI is InChI=1S/C21H23NO3/c1-15-5-10-20-18(13-15)19(23)14-21(25-20)16-6-8-17(9-7-16)24-12-4-11-22(2)3/h5-10,13-14H,4,11-12H2,1-3H3. The first-order valence-corrected chi connectivity index (χ1v) is 8.45. The number of hydrogen-bond acceptors (Lipinski definition) is 4. The Labute approximate surface area is 147 Å². The van der Waals surface area contributed by atoms with Crippen molar-refractivity contribution in [1.82, 2.24) is 4.90 Å². The van der Waals surface area contributed by atoms with Crippen molar-refractivity contribution in [2.45, 2.75) is 13.3 Å². The van der Waals surface area contributed by atoms with Crippen molar-refractivity contribution in [3.8, 4) is 17.1 Å². The van der Waals surface area contributed by atoms with Crippen LogP contribution < -0.4 is 10.2 Å². The van der Waals surface area contributed by atoms with Gasteiger partial charge < -0.3 is 14.1 Å². The molecular weight excluding hydrogens is 314 g/mol. The maximum absolute atomic E-state index is 12.3. The van der Waals surface area contributed by atoms with Crippen LogP contribution >= 0.6 is 0 Å². The predicted molar refractivity (Wildman–Crippen MR) is 101 cm³/mol. The van der Waals surface area contributed by atoms with Crippen molar-refractivity contribution in [3.63, 3.8) is 0 Å². The van der Waals surface area contributed by atoms with Crippen molar-refractivity contribution >= 4 is 11.0 Å². The highest BCUT2D eigenvalue weighted by Crippen LogP contribution is 2.24. The molecule has 0 unspecified atom stereocenters. The Kier molecular flexibility index (Phi) is 5.19. The van der Waals surface area contributed by atoms with Gasteiger partial charge in [0.15, 0.2) is 5.43 Å². The third-order valence-electron chi connectivity index (χ3n) is 4.04. The van der Waals surface area contributed by atoms with Gasteiger partial charge >= 0.3 is 0 Å². The molecular formula is C21H23NO3. The van der Waals surface area contributed by atoms with E-state index in [0.717, 1.165) is 29.8 Å². The van der Waals surface area contributed by atoms with Crippen LogP contribution in [-0.4, -0.2) is 32.1 Å². The van der Waals surface area contributed by atoms with Crippen LogP contribution in [0.15, 0.2) is 57.7 Å². The van der Waals surface area contributed by atoms with Gasteiger partial charge in [-0.15, -0.1) is 0 Å². The van der Waals surface area contributed by atoms with Crippen molar-refractivity contribution in [2.24, 2.45) is 0 Å². The summed E-state index contributed by atoms with van der Waals surface area (Å²) in [6.07, 6.45) is 0.980. The van der Waals surface area contributed by atoms with Crippen molar-refractivity contribution < 1.29 is 9.15 Å². The number of nitrogens with zero attached hydrogens (tertiary/aromatic N) is 1. The zero-order chi connectivity index (χ0) is 17.8. The van der Waals surface area contributed by atoms with E-state index in [1.165, 1.54) is 0 Å². The number of benzene rings is 2. The van der Waals surface area contributed by atoms with E-state index in [-0.39, 0.29) is 5.43 Å². The quantitative estimate of drug-likeness (QED) is 0.635. The monoisotopic (exact) mass is 337 g/mol. The van der Waals surface area contributed by atoms with Gasteiger partial charge in [0.25, 0.3) is 0 Å². The molecule has 0 N–H and O–H groups in total. The van der Waals surface area contributed by atoms with Crippen LogP contribution in [0.4, 0.5) is 0 Å². The highest BCUT2D eigenvalue weighted by Gasteiger charge is 2.07. The van der Waals surface area contributed by atoms with Crippen LogP contribution in [0.2, 0.25) is 0 Å². The fourth-order valence-corrected chi connectivity index (χ4v) is 2.70. The minimum Gasteiger partial charge on any atom is -0.494 e. The molecule has 4 nitrogen and oxygen atoms in total. The Hall–Kier alpha value is -2.59. The Balaban J connectivity index is 1.77. The van der Waals surface area contributed by atoms with E-state index in [0.29, 0.717) is 23.3 Å². The lowest BCUT2D eigenvalue weighted by Crippen LogP contribution is -2.15. The minimum atomic E-state index is -0.0241. The lowest BCUT2D eigenvalue weighted by Gasteiger charge is -2.10. The second-order valence-corrected chi connectivity index (χ2v) is 6.50. The van der Waals surface area contributed by atoms with E-state index >= 15 is 0 Å². The molecule has 0 spiro atoms. The van der Waals surface area contributed by atoms with Crippen LogP contribution in [0.1, 0.15) is 12.0 Å². The van der Waals surface area contributed by atoms with Gasteiger partial charge in [0, 0.05) is 18.2 Å². The summed E-state index contributed by atoms with van der Waals surface area (Å²) in [5, 5.41) is 0.615. The second-order valence-electron chi connectivity index (χ2n) is 6.50. The molecule has 0 saturated carbocycles. The molecule has 0 fully saturated rings. The van der Waals surface area contributed by atoms with E-state index in [2.05, 4.69) is 4.90 Å². The molecule has 130 valence electrons. The summed E-state index contributed by atoms with van der Waals surface area (Å²) in [5.74, 6) is 1.39. The van der Waals surface area contributed by atoms with E-state index in [1.54, 1.807) is 6.07 Å². The molecule has 25 heavy (non-hydrogen) atoms. The Morgan fingerprint density at radius 2 is 1.80 bits per heavy atom. The van der Waals surface area contributed by atoms with Crippen LogP contribution in [0.25, 0.3) is 22.3 Å². The summed E-state index contributed by atoms with van der Waals surface area (Å²) < 4.78 is 11.6. The molecule has 0 bridgehead atoms. The third-order valence-corrected chi connectivity index (χ3v) is 4.04. The number of rotatable bonds is 6. The Morgan fingerprint density at radius 1 is 1.04 bits per heavy atom. The topological polar surface area (TPSA) is 42.7 Å². The summed E-state index contributed by atoms with van der Waals surface area (Å²) >= 11 is 0. The highest BCUT2D eigenvalue weighted by molar-refractivity contribution is 5.79. The molecule has 0 aliphatic rings. The van der Waals surface area contributed by atoms with Gasteiger partial charge in [0.1, 0.15) is 17.1 Å². The van der Waals surface area contributed by atoms with Gasteiger partial charge in [-0.2, -0.15) is 0 Å². The van der Waals surface area contributed by atoms with E-state index in [9.17, 15) is 4.79 Å². The highest BCUT2D eigenvalue weighted by atomic mass is 16.5. The number of aryl methyl sites for hydroxylation is 1. The molecule has 0 radical (unpaired) electrons. The second kappa shape index (κ2) is 7.53. The van der Waals surface area contributed by atoms with E-state index in [1.807, 2.05) is 63.5 Å². The lowest BCUT2D eigenvalue weighted by atomic mass is 10.1. The average Bonchev–Trinajstić information content (AvgIpc) is 2.59. The molecule has 0 atom stereocenters. The first kappa shape index (κ1) is 17.2. The molecule has 4 heteroatoms. The van der Waals surface area contributed by atoms with Gasteiger partial charge in [-0.25, -0.2) is 0 Å². The van der Waals surface area contributed by atoms with Crippen molar-refractivity contribution in [1.29, 1.82) is 0 Å². The van der Waals surface area contributed by atoms with Crippen LogP contribution in [-0.2, 0) is 0 Å². The van der Waals surface area contributed by atoms with Gasteiger partial charge in [0.2, 0.25) is 0 Å². The molecule has 2 aromatic carbocycles. The lowest BCUT2D eigenvalue weighted by molar-refractivity contribution is 0.281. The summed E-state index contributed by atoms with van der Waals surface area (Å²) in [6, 6.07) is 14.8. The third kappa shape index (κ3) is 4.28. The molecule has 1 heterocycles. The fraction of sp³-hybridized carbons (Fsp3) is 0.286. The first-order valence-electron chi connectivity index (χ1n) is 8.45. The van der Waals surface area contributed by atoms with Crippen molar-refractivity contribution in [3.05, 3.63) is 64.3 Å². The first-order chi connectivity index (χ1) is 12.0. The normalized spacial score (nSPS) is 11.2. The Morgan fingerprint density at radius 3 is 2.52 bits per heavy atom. The molecule has 3 aromatic rings. The van der Waals surface area contributed by atoms with Gasteiger partial charge in [0.05, 0.1) is 12.0 Å². The number of fused-ring (bicyclic) bond motifs is 1. The molecule has 0 aliphatic carbocycles. The predicted octanol–water partition coefficient (Wildman–Crippen LogP) is 4.10. The van der Waals surface area contributed by atoms with Crippen LogP contribution in [0.5, 0.6) is 5.75 Å². The SMILES string of the molecule is Cc1ccc2oc(-c3ccc(OCCCN(C)C)cc3)cc(=O)c2c1. The molecule has 0 amide bonds.